The van der Waals surface area contributed by atoms with Crippen LogP contribution in [-0.2, 0) is 4.74 Å². The second kappa shape index (κ2) is 7.66. The third kappa shape index (κ3) is 3.96. The van der Waals surface area contributed by atoms with Crippen LogP contribution < -0.4 is 21.1 Å². The average Bonchev–Trinajstić information content (AvgIpc) is 2.70. The maximum Gasteiger partial charge on any atom is 0.250 e. The monoisotopic (exact) mass is 371 g/mol. The van der Waals surface area contributed by atoms with Crippen molar-refractivity contribution in [3.8, 4) is 5.88 Å². The average molecular weight is 371 g/mol. The molecule has 2 aromatic heterocycles. The van der Waals surface area contributed by atoms with Gasteiger partial charge < -0.3 is 25.8 Å². The van der Waals surface area contributed by atoms with Crippen LogP contribution in [0.25, 0.3) is 10.9 Å². The van der Waals surface area contributed by atoms with Crippen molar-refractivity contribution < 1.29 is 14.3 Å². The van der Waals surface area contributed by atoms with Crippen LogP contribution in [0.15, 0.2) is 18.3 Å². The fourth-order valence-electron chi connectivity index (χ4n) is 3.62. The van der Waals surface area contributed by atoms with Gasteiger partial charge in [0.05, 0.1) is 29.7 Å². The molecule has 144 valence electrons. The molecule has 0 spiro atoms. The number of pyridine rings is 2. The summed E-state index contributed by atoms with van der Waals surface area (Å²) in [5.74, 6) is 0.800. The number of carbonyl (C=O) groups is 1. The lowest BCUT2D eigenvalue weighted by Gasteiger charge is -2.30. The van der Waals surface area contributed by atoms with E-state index in [2.05, 4.69) is 9.88 Å². The van der Waals surface area contributed by atoms with Gasteiger partial charge in [-0.3, -0.25) is 9.78 Å². The molecule has 0 atom stereocenters. The maximum absolute atomic E-state index is 11.6. The maximum atomic E-state index is 11.6. The molecule has 1 aliphatic carbocycles. The molecule has 8 nitrogen and oxygen atoms in total. The molecule has 2 aliphatic rings. The minimum absolute atomic E-state index is 0.0673. The van der Waals surface area contributed by atoms with E-state index < -0.39 is 5.91 Å². The molecule has 1 aliphatic heterocycles. The molecule has 0 aromatic carbocycles. The van der Waals surface area contributed by atoms with Gasteiger partial charge in [-0.05, 0) is 31.7 Å². The third-order valence-corrected chi connectivity index (χ3v) is 5.25. The topological polar surface area (TPSA) is 117 Å². The zero-order valence-electron chi connectivity index (χ0n) is 15.3. The summed E-state index contributed by atoms with van der Waals surface area (Å²) in [5.41, 5.74) is 12.5. The summed E-state index contributed by atoms with van der Waals surface area (Å²) in [6.45, 7) is 2.89. The highest BCUT2D eigenvalue weighted by Gasteiger charge is 2.23. The van der Waals surface area contributed by atoms with E-state index in [9.17, 15) is 4.79 Å². The Bertz CT molecular complexity index is 829. The Balaban J connectivity index is 1.71. The van der Waals surface area contributed by atoms with Crippen molar-refractivity contribution in [2.24, 2.45) is 11.5 Å². The highest BCUT2D eigenvalue weighted by atomic mass is 16.5. The zero-order valence-corrected chi connectivity index (χ0v) is 15.3. The van der Waals surface area contributed by atoms with E-state index in [-0.39, 0.29) is 12.1 Å². The van der Waals surface area contributed by atoms with E-state index in [0.717, 1.165) is 50.1 Å². The van der Waals surface area contributed by atoms with Gasteiger partial charge >= 0.3 is 0 Å². The van der Waals surface area contributed by atoms with E-state index in [4.69, 9.17) is 25.9 Å². The van der Waals surface area contributed by atoms with E-state index in [1.807, 2.05) is 6.07 Å². The summed E-state index contributed by atoms with van der Waals surface area (Å²) in [5, 5.41) is 0.707. The highest BCUT2D eigenvalue weighted by molar-refractivity contribution is 5.97. The van der Waals surface area contributed by atoms with Crippen molar-refractivity contribution >= 4 is 22.6 Å². The molecule has 2 fully saturated rings. The predicted molar refractivity (Wildman–Crippen MR) is 102 cm³/mol. The number of anilines is 1. The number of primary amides is 1. The lowest BCUT2D eigenvalue weighted by molar-refractivity contribution is 0.1000. The Hall–Kier alpha value is -2.45. The number of ether oxygens (including phenoxy) is 2. The van der Waals surface area contributed by atoms with Crippen molar-refractivity contribution in [3.63, 3.8) is 0 Å². The van der Waals surface area contributed by atoms with Crippen LogP contribution in [0.5, 0.6) is 5.88 Å². The first-order chi connectivity index (χ1) is 13.1. The van der Waals surface area contributed by atoms with E-state index in [0.29, 0.717) is 30.0 Å². The van der Waals surface area contributed by atoms with Crippen LogP contribution in [0.4, 0.5) is 5.82 Å². The largest absolute Gasteiger partial charge is 0.474 e. The molecule has 1 saturated carbocycles. The van der Waals surface area contributed by atoms with Gasteiger partial charge in [-0.2, -0.15) is 4.98 Å². The third-order valence-electron chi connectivity index (χ3n) is 5.25. The molecule has 0 unspecified atom stereocenters. The number of amides is 1. The van der Waals surface area contributed by atoms with Crippen LogP contribution in [0.1, 0.15) is 36.0 Å². The Morgan fingerprint density at radius 3 is 2.63 bits per heavy atom. The minimum atomic E-state index is -0.517. The molecule has 0 radical (unpaired) electrons. The first-order valence-corrected chi connectivity index (χ1v) is 9.45. The molecular weight excluding hydrogens is 346 g/mol. The number of nitrogens with two attached hydrogens (primary N) is 2. The van der Waals surface area contributed by atoms with Gasteiger partial charge in [0, 0.05) is 31.4 Å². The summed E-state index contributed by atoms with van der Waals surface area (Å²) in [4.78, 5) is 22.9. The van der Waals surface area contributed by atoms with Crippen LogP contribution in [0.3, 0.4) is 0 Å². The second-order valence-electron chi connectivity index (χ2n) is 7.19. The summed E-state index contributed by atoms with van der Waals surface area (Å²) < 4.78 is 11.7. The smallest absolute Gasteiger partial charge is 0.250 e. The normalized spacial score (nSPS) is 23.4. The van der Waals surface area contributed by atoms with Crippen LogP contribution in [-0.4, -0.2) is 54.3 Å². The van der Waals surface area contributed by atoms with Crippen molar-refractivity contribution in [1.29, 1.82) is 0 Å². The fraction of sp³-hybridized carbons (Fsp3) is 0.526. The van der Waals surface area contributed by atoms with Crippen molar-refractivity contribution in [3.05, 3.63) is 23.9 Å². The number of rotatable bonds is 4. The summed E-state index contributed by atoms with van der Waals surface area (Å²) >= 11 is 0. The predicted octanol–water partition coefficient (Wildman–Crippen LogP) is 1.21. The molecule has 2 aromatic rings. The van der Waals surface area contributed by atoms with Crippen LogP contribution in [0, 0.1) is 0 Å². The molecule has 1 saturated heterocycles. The first kappa shape index (κ1) is 17.9. The van der Waals surface area contributed by atoms with E-state index in [1.165, 1.54) is 6.20 Å². The highest BCUT2D eigenvalue weighted by Crippen LogP contribution is 2.31. The van der Waals surface area contributed by atoms with Gasteiger partial charge in [-0.15, -0.1) is 0 Å². The Morgan fingerprint density at radius 1 is 1.19 bits per heavy atom. The number of nitrogens with zero attached hydrogens (tertiary/aromatic N) is 3. The summed E-state index contributed by atoms with van der Waals surface area (Å²) in [7, 11) is 0. The molecule has 3 heterocycles. The molecule has 0 bridgehead atoms. The number of hydrogen-bond donors (Lipinski definition) is 2. The second-order valence-corrected chi connectivity index (χ2v) is 7.19. The SMILES string of the molecule is NC(=O)c1cnc2cc(N3CCOCC3)nc(OC3CCC(N)CC3)c2c1. The number of carbonyl (C=O) groups excluding carboxylic acids is 1. The van der Waals surface area contributed by atoms with Crippen LogP contribution >= 0.6 is 0 Å². The Morgan fingerprint density at radius 2 is 1.93 bits per heavy atom. The van der Waals surface area contributed by atoms with Crippen LogP contribution in [0.2, 0.25) is 0 Å². The van der Waals surface area contributed by atoms with Gasteiger partial charge in [0.2, 0.25) is 11.8 Å². The molecule has 27 heavy (non-hydrogen) atoms. The first-order valence-electron chi connectivity index (χ1n) is 9.45. The standard InChI is InChI=1S/C19H25N5O3/c20-13-1-3-14(4-2-13)27-19-15-9-12(18(21)25)11-22-16(15)10-17(23-19)24-5-7-26-8-6-24/h9-11,13-14H,1-8,20H2,(H2,21,25). The molecular formula is C19H25N5O3. The van der Waals surface area contributed by atoms with E-state index >= 15 is 0 Å². The van der Waals surface area contributed by atoms with Gasteiger partial charge in [-0.1, -0.05) is 0 Å². The van der Waals surface area contributed by atoms with Crippen molar-refractivity contribution in [2.75, 3.05) is 31.2 Å². The summed E-state index contributed by atoms with van der Waals surface area (Å²) in [6, 6.07) is 3.89. The molecule has 4 rings (SSSR count). The Labute approximate surface area is 157 Å². The lowest BCUT2D eigenvalue weighted by Crippen LogP contribution is -2.37. The number of morpholine rings is 1. The minimum Gasteiger partial charge on any atom is -0.474 e. The van der Waals surface area contributed by atoms with Gasteiger partial charge in [0.1, 0.15) is 11.9 Å². The number of aromatic nitrogens is 2. The molecule has 4 N–H and O–H groups in total. The van der Waals surface area contributed by atoms with E-state index in [1.54, 1.807) is 6.07 Å². The van der Waals surface area contributed by atoms with Gasteiger partial charge in [0.25, 0.3) is 0 Å². The molecule has 1 amide bonds. The van der Waals surface area contributed by atoms with Crippen molar-refractivity contribution in [1.82, 2.24) is 9.97 Å². The fourth-order valence-corrected chi connectivity index (χ4v) is 3.62. The number of hydrogen-bond acceptors (Lipinski definition) is 7. The van der Waals surface area contributed by atoms with Gasteiger partial charge in [-0.25, -0.2) is 0 Å². The Kier molecular flexibility index (Phi) is 5.09. The summed E-state index contributed by atoms with van der Waals surface area (Å²) in [6.07, 6.45) is 5.24. The molecule has 8 heteroatoms. The van der Waals surface area contributed by atoms with Gasteiger partial charge in [0.15, 0.2) is 0 Å². The van der Waals surface area contributed by atoms with Crippen molar-refractivity contribution in [2.45, 2.75) is 37.8 Å². The zero-order chi connectivity index (χ0) is 18.8. The quantitative estimate of drug-likeness (QED) is 0.830. The number of fused-ring (bicyclic) bond motifs is 1. The lowest BCUT2D eigenvalue weighted by atomic mass is 9.94.